The quantitative estimate of drug-likeness (QED) is 0.906. The Balaban J connectivity index is 1.53. The van der Waals surface area contributed by atoms with E-state index in [4.69, 9.17) is 0 Å². The Bertz CT molecular complexity index is 443. The molecule has 2 bridgehead atoms. The van der Waals surface area contributed by atoms with Crippen LogP contribution in [0.5, 0.6) is 0 Å². The zero-order valence-corrected chi connectivity index (χ0v) is 14.5. The van der Waals surface area contributed by atoms with Crippen molar-refractivity contribution in [3.8, 4) is 0 Å². The number of piperidine rings is 1. The minimum absolute atomic E-state index is 0.701. The molecule has 3 rings (SSSR count). The van der Waals surface area contributed by atoms with E-state index in [0.717, 1.165) is 30.8 Å². The van der Waals surface area contributed by atoms with Crippen LogP contribution in [0.25, 0.3) is 0 Å². The summed E-state index contributed by atoms with van der Waals surface area (Å²) >= 11 is 1.77. The molecule has 2 atom stereocenters. The first-order chi connectivity index (χ1) is 10.1. The zero-order chi connectivity index (χ0) is 14.8. The predicted molar refractivity (Wildman–Crippen MR) is 89.9 cm³/mol. The van der Waals surface area contributed by atoms with Gasteiger partial charge in [-0.2, -0.15) is 0 Å². The predicted octanol–water partition coefficient (Wildman–Crippen LogP) is 3.09. The van der Waals surface area contributed by atoms with E-state index >= 15 is 0 Å². The van der Waals surface area contributed by atoms with Gasteiger partial charge in [-0.3, -0.25) is 0 Å². The molecule has 1 N–H and O–H groups in total. The maximum absolute atomic E-state index is 4.57. The molecule has 118 valence electrons. The van der Waals surface area contributed by atoms with Crippen LogP contribution in [0.4, 0.5) is 0 Å². The largest absolute Gasteiger partial charge is 0.313 e. The van der Waals surface area contributed by atoms with Gasteiger partial charge in [-0.15, -0.1) is 11.3 Å². The third kappa shape index (κ3) is 3.66. The molecule has 1 saturated carbocycles. The van der Waals surface area contributed by atoms with Gasteiger partial charge < -0.3 is 10.2 Å². The minimum Gasteiger partial charge on any atom is -0.313 e. The van der Waals surface area contributed by atoms with Crippen LogP contribution < -0.4 is 5.32 Å². The number of hydrogen-bond donors (Lipinski definition) is 1. The Morgan fingerprint density at radius 2 is 2.05 bits per heavy atom. The first-order valence-corrected chi connectivity index (χ1v) is 9.40. The molecule has 2 heterocycles. The normalized spacial score (nSPS) is 30.0. The summed E-state index contributed by atoms with van der Waals surface area (Å²) < 4.78 is 0. The number of aromatic nitrogens is 1. The van der Waals surface area contributed by atoms with Crippen molar-refractivity contribution in [1.29, 1.82) is 0 Å². The van der Waals surface area contributed by atoms with Crippen LogP contribution in [0.3, 0.4) is 0 Å². The smallest absolute Gasteiger partial charge is 0.0897 e. The van der Waals surface area contributed by atoms with Gasteiger partial charge in [-0.25, -0.2) is 4.98 Å². The molecule has 1 aliphatic heterocycles. The molecule has 0 spiro atoms. The Kier molecular flexibility index (Phi) is 4.97. The van der Waals surface area contributed by atoms with E-state index in [0.29, 0.717) is 6.04 Å². The lowest BCUT2D eigenvalue weighted by molar-refractivity contribution is 0.0299. The van der Waals surface area contributed by atoms with Crippen molar-refractivity contribution in [1.82, 2.24) is 15.2 Å². The fourth-order valence-electron chi connectivity index (χ4n) is 4.12. The number of nitrogens with zero attached hydrogens (tertiary/aromatic N) is 2. The standard InChI is InChI=1S/C17H29N3S/c1-12(2)20-9-14-5-4-6-15(10-20)17(14)18-8-7-16-11-21-13(3)19-16/h11-12,14-15,17-18H,4-10H2,1-3H3. The van der Waals surface area contributed by atoms with Crippen molar-refractivity contribution in [3.63, 3.8) is 0 Å². The summed E-state index contributed by atoms with van der Waals surface area (Å²) in [6.45, 7) is 10.4. The summed E-state index contributed by atoms with van der Waals surface area (Å²) in [5.74, 6) is 1.72. The van der Waals surface area contributed by atoms with E-state index in [9.17, 15) is 0 Å². The highest BCUT2D eigenvalue weighted by Gasteiger charge is 2.39. The average molecular weight is 308 g/mol. The molecule has 1 aromatic heterocycles. The molecule has 1 aromatic rings. The lowest BCUT2D eigenvalue weighted by Crippen LogP contribution is -2.58. The number of aryl methyl sites for hydroxylation is 1. The van der Waals surface area contributed by atoms with Crippen LogP contribution in [0, 0.1) is 18.8 Å². The molecule has 0 radical (unpaired) electrons. The molecule has 1 saturated heterocycles. The molecule has 2 aliphatic rings. The number of rotatable bonds is 5. The second-order valence-electron chi connectivity index (χ2n) is 7.09. The molecule has 0 aromatic carbocycles. The Labute approximate surface area is 133 Å². The van der Waals surface area contributed by atoms with E-state index in [2.05, 4.69) is 41.4 Å². The lowest BCUT2D eigenvalue weighted by Gasteiger charge is -2.49. The van der Waals surface area contributed by atoms with E-state index in [1.165, 1.54) is 43.1 Å². The van der Waals surface area contributed by atoms with Gasteiger partial charge in [0.05, 0.1) is 10.7 Å². The SMILES string of the molecule is Cc1nc(CCNC2C3CCCC2CN(C(C)C)C3)cs1. The molecular weight excluding hydrogens is 278 g/mol. The van der Waals surface area contributed by atoms with Crippen molar-refractivity contribution < 1.29 is 0 Å². The van der Waals surface area contributed by atoms with Gasteiger partial charge in [0.2, 0.25) is 0 Å². The Morgan fingerprint density at radius 1 is 1.33 bits per heavy atom. The number of thiazole rings is 1. The molecule has 2 unspecified atom stereocenters. The Hall–Kier alpha value is -0.450. The summed E-state index contributed by atoms with van der Waals surface area (Å²) in [7, 11) is 0. The summed E-state index contributed by atoms with van der Waals surface area (Å²) in [6, 6.07) is 1.44. The minimum atomic E-state index is 0.701. The first kappa shape index (κ1) is 15.4. The highest BCUT2D eigenvalue weighted by Crippen LogP contribution is 2.35. The van der Waals surface area contributed by atoms with Crippen LogP contribution >= 0.6 is 11.3 Å². The highest BCUT2D eigenvalue weighted by molar-refractivity contribution is 7.09. The maximum Gasteiger partial charge on any atom is 0.0897 e. The fraction of sp³-hybridized carbons (Fsp3) is 0.824. The highest BCUT2D eigenvalue weighted by atomic mass is 32.1. The summed E-state index contributed by atoms with van der Waals surface area (Å²) in [5, 5.41) is 7.27. The van der Waals surface area contributed by atoms with Gasteiger partial charge in [0, 0.05) is 43.5 Å². The molecule has 3 nitrogen and oxygen atoms in total. The second kappa shape index (κ2) is 6.76. The van der Waals surface area contributed by atoms with Gasteiger partial charge in [0.1, 0.15) is 0 Å². The van der Waals surface area contributed by atoms with Crippen molar-refractivity contribution in [2.24, 2.45) is 11.8 Å². The van der Waals surface area contributed by atoms with Crippen LogP contribution in [0.1, 0.15) is 43.8 Å². The van der Waals surface area contributed by atoms with E-state index in [1.807, 2.05) is 0 Å². The topological polar surface area (TPSA) is 28.2 Å². The van der Waals surface area contributed by atoms with Crippen LogP contribution in [0.2, 0.25) is 0 Å². The van der Waals surface area contributed by atoms with Gasteiger partial charge in [-0.1, -0.05) is 6.42 Å². The van der Waals surface area contributed by atoms with Crippen molar-refractivity contribution >= 4 is 11.3 Å². The van der Waals surface area contributed by atoms with Crippen LogP contribution in [0.15, 0.2) is 5.38 Å². The summed E-state index contributed by atoms with van der Waals surface area (Å²) in [4.78, 5) is 7.26. The van der Waals surface area contributed by atoms with Crippen molar-refractivity contribution in [3.05, 3.63) is 16.1 Å². The second-order valence-corrected chi connectivity index (χ2v) is 8.15. The molecule has 0 amide bonds. The van der Waals surface area contributed by atoms with Crippen molar-refractivity contribution in [2.75, 3.05) is 19.6 Å². The van der Waals surface area contributed by atoms with Gasteiger partial charge in [-0.05, 0) is 45.4 Å². The molecule has 4 heteroatoms. The first-order valence-electron chi connectivity index (χ1n) is 8.52. The monoisotopic (exact) mass is 307 g/mol. The number of likely N-dealkylation sites (tertiary alicyclic amines) is 1. The average Bonchev–Trinajstić information content (AvgIpc) is 2.83. The zero-order valence-electron chi connectivity index (χ0n) is 13.6. The van der Waals surface area contributed by atoms with Gasteiger partial charge in [0.15, 0.2) is 0 Å². The van der Waals surface area contributed by atoms with Crippen molar-refractivity contribution in [2.45, 2.75) is 58.5 Å². The molecule has 2 fully saturated rings. The summed E-state index contributed by atoms with van der Waals surface area (Å²) in [5.41, 5.74) is 1.26. The van der Waals surface area contributed by atoms with Gasteiger partial charge >= 0.3 is 0 Å². The number of nitrogens with one attached hydrogen (secondary N) is 1. The van der Waals surface area contributed by atoms with Gasteiger partial charge in [0.25, 0.3) is 0 Å². The summed E-state index contributed by atoms with van der Waals surface area (Å²) in [6.07, 6.45) is 5.33. The molecule has 1 aliphatic carbocycles. The number of hydrogen-bond acceptors (Lipinski definition) is 4. The lowest BCUT2D eigenvalue weighted by atomic mass is 9.73. The molecule has 21 heavy (non-hydrogen) atoms. The van der Waals surface area contributed by atoms with Crippen LogP contribution in [-0.2, 0) is 6.42 Å². The van der Waals surface area contributed by atoms with E-state index in [-0.39, 0.29) is 0 Å². The van der Waals surface area contributed by atoms with E-state index in [1.54, 1.807) is 11.3 Å². The van der Waals surface area contributed by atoms with Crippen LogP contribution in [-0.4, -0.2) is 41.6 Å². The third-order valence-corrected chi connectivity index (χ3v) is 6.08. The Morgan fingerprint density at radius 3 is 2.62 bits per heavy atom. The maximum atomic E-state index is 4.57. The molecular formula is C17H29N3S. The fourth-order valence-corrected chi connectivity index (χ4v) is 4.76. The van der Waals surface area contributed by atoms with E-state index < -0.39 is 0 Å². The number of fused-ring (bicyclic) bond motifs is 2. The third-order valence-electron chi connectivity index (χ3n) is 5.26.